The van der Waals surface area contributed by atoms with Crippen LogP contribution >= 0.6 is 0 Å². The lowest BCUT2D eigenvalue weighted by Gasteiger charge is -2.18. The Bertz CT molecular complexity index is 414. The van der Waals surface area contributed by atoms with Crippen LogP contribution in [0, 0.1) is 11.8 Å². The molecular weight excluding hydrogens is 222 g/mol. The van der Waals surface area contributed by atoms with Gasteiger partial charge >= 0.3 is 0 Å². The fraction of sp³-hybridized carbons (Fsp3) is 0.667. The first-order valence-corrected chi connectivity index (χ1v) is 7.13. The zero-order valence-electron chi connectivity index (χ0n) is 11.4. The summed E-state index contributed by atoms with van der Waals surface area (Å²) in [6, 6.07) is 7.11. The average Bonchev–Trinajstić information content (AvgIpc) is 3.27. The third-order valence-corrected chi connectivity index (χ3v) is 4.12. The van der Waals surface area contributed by atoms with E-state index in [-0.39, 0.29) is 0 Å². The lowest BCUT2D eigenvalue weighted by Crippen LogP contribution is -2.23. The van der Waals surface area contributed by atoms with Gasteiger partial charge in [0.05, 0.1) is 5.69 Å². The van der Waals surface area contributed by atoms with E-state index in [0.29, 0.717) is 0 Å². The summed E-state index contributed by atoms with van der Waals surface area (Å²) in [7, 11) is 2.16. The maximum Gasteiger partial charge on any atom is 0.128 e. The van der Waals surface area contributed by atoms with Crippen molar-refractivity contribution in [3.8, 4) is 0 Å². The highest BCUT2D eigenvalue weighted by Gasteiger charge is 2.33. The number of nitrogens with one attached hydrogen (secondary N) is 1. The Balaban J connectivity index is 1.57. The zero-order valence-corrected chi connectivity index (χ0v) is 11.4. The molecule has 0 radical (unpaired) electrons. The molecule has 18 heavy (non-hydrogen) atoms. The van der Waals surface area contributed by atoms with Gasteiger partial charge in [0.25, 0.3) is 0 Å². The summed E-state index contributed by atoms with van der Waals surface area (Å²) in [5.41, 5.74) is 1.16. The first-order chi connectivity index (χ1) is 8.72. The third-order valence-electron chi connectivity index (χ3n) is 4.12. The summed E-state index contributed by atoms with van der Waals surface area (Å²) >= 11 is 0. The Morgan fingerprint density at radius 3 is 2.83 bits per heavy atom. The molecule has 1 aromatic rings. The summed E-state index contributed by atoms with van der Waals surface area (Å²) in [6.45, 7) is 4.39. The minimum absolute atomic E-state index is 0.750. The molecule has 0 bridgehead atoms. The van der Waals surface area contributed by atoms with Gasteiger partial charge in [-0.1, -0.05) is 13.0 Å². The van der Waals surface area contributed by atoms with Crippen LogP contribution in [0.25, 0.3) is 0 Å². The van der Waals surface area contributed by atoms with Crippen LogP contribution in [0.1, 0.15) is 31.9 Å². The monoisotopic (exact) mass is 245 g/mol. The highest BCUT2D eigenvalue weighted by atomic mass is 15.2. The second-order valence-corrected chi connectivity index (χ2v) is 6.00. The summed E-state index contributed by atoms with van der Waals surface area (Å²) in [4.78, 5) is 7.04. The van der Waals surface area contributed by atoms with Gasteiger partial charge in [-0.2, -0.15) is 0 Å². The van der Waals surface area contributed by atoms with Crippen molar-refractivity contribution in [3.05, 3.63) is 23.9 Å². The van der Waals surface area contributed by atoms with E-state index in [9.17, 15) is 0 Å². The fourth-order valence-electron chi connectivity index (χ4n) is 2.41. The van der Waals surface area contributed by atoms with E-state index in [4.69, 9.17) is 4.98 Å². The van der Waals surface area contributed by atoms with E-state index < -0.39 is 0 Å². The highest BCUT2D eigenvalue weighted by molar-refractivity contribution is 5.38. The van der Waals surface area contributed by atoms with Gasteiger partial charge in [0.2, 0.25) is 0 Å². The molecule has 2 aliphatic carbocycles. The van der Waals surface area contributed by atoms with E-state index in [1.54, 1.807) is 0 Å². The first-order valence-electron chi connectivity index (χ1n) is 7.13. The molecule has 1 aromatic heterocycles. The van der Waals surface area contributed by atoms with Gasteiger partial charge in [-0.3, -0.25) is 0 Å². The Morgan fingerprint density at radius 2 is 2.17 bits per heavy atom. The molecule has 98 valence electrons. The van der Waals surface area contributed by atoms with Crippen molar-refractivity contribution in [1.82, 2.24) is 10.3 Å². The standard InChI is InChI=1S/C15H23N3/c1-11-8-12(11)10-18(2)15-5-3-4-14(17-15)9-16-13-6-7-13/h3-5,11-13,16H,6-10H2,1-2H3. The number of rotatable bonds is 6. The molecule has 3 heteroatoms. The molecule has 1 heterocycles. The van der Waals surface area contributed by atoms with Crippen molar-refractivity contribution in [2.75, 3.05) is 18.5 Å². The Kier molecular flexibility index (Phi) is 3.25. The molecule has 0 aliphatic heterocycles. The number of pyridine rings is 1. The molecule has 0 saturated heterocycles. The van der Waals surface area contributed by atoms with Crippen LogP contribution in [0.4, 0.5) is 5.82 Å². The topological polar surface area (TPSA) is 28.2 Å². The van der Waals surface area contributed by atoms with Crippen LogP contribution < -0.4 is 10.2 Å². The smallest absolute Gasteiger partial charge is 0.128 e. The zero-order chi connectivity index (χ0) is 12.5. The quantitative estimate of drug-likeness (QED) is 0.834. The Morgan fingerprint density at radius 1 is 1.39 bits per heavy atom. The lowest BCUT2D eigenvalue weighted by atomic mass is 10.3. The van der Waals surface area contributed by atoms with E-state index in [1.807, 2.05) is 0 Å². The van der Waals surface area contributed by atoms with Gasteiger partial charge in [-0.15, -0.1) is 0 Å². The number of hydrogen-bond acceptors (Lipinski definition) is 3. The van der Waals surface area contributed by atoms with Crippen LogP contribution in [0.3, 0.4) is 0 Å². The fourth-order valence-corrected chi connectivity index (χ4v) is 2.41. The highest BCUT2D eigenvalue weighted by Crippen LogP contribution is 2.38. The first kappa shape index (κ1) is 12.0. The molecule has 2 fully saturated rings. The molecule has 2 atom stereocenters. The van der Waals surface area contributed by atoms with E-state index in [0.717, 1.165) is 42.5 Å². The van der Waals surface area contributed by atoms with Gasteiger partial charge < -0.3 is 10.2 Å². The van der Waals surface area contributed by atoms with E-state index >= 15 is 0 Å². The number of hydrogen-bond donors (Lipinski definition) is 1. The number of anilines is 1. The predicted octanol–water partition coefficient (Wildman–Crippen LogP) is 2.43. The molecule has 2 aliphatic rings. The van der Waals surface area contributed by atoms with Gasteiger partial charge in [0.15, 0.2) is 0 Å². The summed E-state index contributed by atoms with van der Waals surface area (Å²) < 4.78 is 0. The number of aromatic nitrogens is 1. The third kappa shape index (κ3) is 3.02. The van der Waals surface area contributed by atoms with E-state index in [1.165, 1.54) is 19.3 Å². The lowest BCUT2D eigenvalue weighted by molar-refractivity contribution is 0.670. The number of nitrogens with zero attached hydrogens (tertiary/aromatic N) is 2. The second-order valence-electron chi connectivity index (χ2n) is 6.00. The summed E-state index contributed by atoms with van der Waals surface area (Å²) in [5, 5.41) is 3.52. The van der Waals surface area contributed by atoms with Crippen LogP contribution in [0.15, 0.2) is 18.2 Å². The predicted molar refractivity (Wildman–Crippen MR) is 74.6 cm³/mol. The van der Waals surface area contributed by atoms with E-state index in [2.05, 4.69) is 42.4 Å². The van der Waals surface area contributed by atoms with Crippen LogP contribution in [-0.4, -0.2) is 24.6 Å². The Hall–Kier alpha value is -1.09. The summed E-state index contributed by atoms with van der Waals surface area (Å²) in [6.07, 6.45) is 4.05. The molecule has 3 rings (SSSR count). The molecule has 1 N–H and O–H groups in total. The van der Waals surface area contributed by atoms with Crippen molar-refractivity contribution in [1.29, 1.82) is 0 Å². The Labute approximate surface area is 110 Å². The van der Waals surface area contributed by atoms with Crippen molar-refractivity contribution < 1.29 is 0 Å². The largest absolute Gasteiger partial charge is 0.359 e. The molecule has 0 amide bonds. The van der Waals surface area contributed by atoms with Gasteiger partial charge in [0.1, 0.15) is 5.82 Å². The van der Waals surface area contributed by atoms with Crippen LogP contribution in [-0.2, 0) is 6.54 Å². The molecule has 2 saturated carbocycles. The van der Waals surface area contributed by atoms with Gasteiger partial charge in [0, 0.05) is 26.2 Å². The van der Waals surface area contributed by atoms with Crippen molar-refractivity contribution >= 4 is 5.82 Å². The molecule has 0 spiro atoms. The molecule has 0 aromatic carbocycles. The molecule has 3 nitrogen and oxygen atoms in total. The minimum Gasteiger partial charge on any atom is -0.359 e. The second kappa shape index (κ2) is 4.88. The average molecular weight is 245 g/mol. The minimum atomic E-state index is 0.750. The molecule has 2 unspecified atom stereocenters. The maximum atomic E-state index is 4.74. The SMILES string of the molecule is CC1CC1CN(C)c1cccc(CNC2CC2)n1. The van der Waals surface area contributed by atoms with Crippen LogP contribution in [0.5, 0.6) is 0 Å². The van der Waals surface area contributed by atoms with Crippen molar-refractivity contribution in [2.24, 2.45) is 11.8 Å². The van der Waals surface area contributed by atoms with Crippen molar-refractivity contribution in [2.45, 2.75) is 38.8 Å². The van der Waals surface area contributed by atoms with Crippen LogP contribution in [0.2, 0.25) is 0 Å². The van der Waals surface area contributed by atoms with Gasteiger partial charge in [-0.25, -0.2) is 4.98 Å². The van der Waals surface area contributed by atoms with Crippen molar-refractivity contribution in [3.63, 3.8) is 0 Å². The normalized spacial score (nSPS) is 26.1. The maximum absolute atomic E-state index is 4.74. The van der Waals surface area contributed by atoms with Gasteiger partial charge in [-0.05, 0) is 43.2 Å². The summed E-state index contributed by atoms with van der Waals surface area (Å²) in [5.74, 6) is 2.90. The molecular formula is C15H23N3.